The highest BCUT2D eigenvalue weighted by Gasteiger charge is 2.21. The highest BCUT2D eigenvalue weighted by molar-refractivity contribution is 8.06. The number of aryl methyl sites for hydroxylation is 1. The first kappa shape index (κ1) is 13.8. The van der Waals surface area contributed by atoms with Crippen molar-refractivity contribution < 1.29 is 4.52 Å². The summed E-state index contributed by atoms with van der Waals surface area (Å²) in [6.07, 6.45) is 0. The molecule has 1 aliphatic rings. The Hall–Kier alpha value is -1.14. The van der Waals surface area contributed by atoms with Gasteiger partial charge in [-0.1, -0.05) is 22.9 Å². The Kier molecular flexibility index (Phi) is 4.52. The van der Waals surface area contributed by atoms with Gasteiger partial charge in [0.2, 0.25) is 5.89 Å². The first-order valence-corrected chi connectivity index (χ1v) is 8.84. The van der Waals surface area contributed by atoms with E-state index in [1.807, 2.05) is 23.5 Å². The van der Waals surface area contributed by atoms with Crippen LogP contribution in [0.2, 0.25) is 0 Å². The van der Waals surface area contributed by atoms with E-state index in [0.717, 1.165) is 17.3 Å². The van der Waals surface area contributed by atoms with Gasteiger partial charge in [-0.05, 0) is 19.1 Å². The van der Waals surface area contributed by atoms with Crippen molar-refractivity contribution in [2.45, 2.75) is 18.7 Å². The molecule has 1 saturated heterocycles. The first-order valence-electron chi connectivity index (χ1n) is 6.63. The van der Waals surface area contributed by atoms with Crippen molar-refractivity contribution >= 4 is 29.2 Å². The normalized spacial score (nSPS) is 18.9. The van der Waals surface area contributed by atoms with E-state index in [2.05, 4.69) is 46.6 Å². The van der Waals surface area contributed by atoms with E-state index in [9.17, 15) is 0 Å². The summed E-state index contributed by atoms with van der Waals surface area (Å²) < 4.78 is 5.32. The zero-order valence-electron chi connectivity index (χ0n) is 11.3. The third-order valence-corrected chi connectivity index (χ3v) is 5.83. The highest BCUT2D eigenvalue weighted by Crippen LogP contribution is 2.35. The van der Waals surface area contributed by atoms with E-state index in [1.165, 1.54) is 17.1 Å². The Labute approximate surface area is 127 Å². The third kappa shape index (κ3) is 3.49. The number of thioether (sulfide) groups is 2. The number of rotatable bonds is 4. The lowest BCUT2D eigenvalue weighted by molar-refractivity contribution is 0.378. The van der Waals surface area contributed by atoms with E-state index >= 15 is 0 Å². The maximum atomic E-state index is 5.32. The molecular formula is C14H17N3OS2. The van der Waals surface area contributed by atoms with Gasteiger partial charge in [0.15, 0.2) is 5.82 Å². The molecule has 0 spiro atoms. The Morgan fingerprint density at radius 1 is 1.30 bits per heavy atom. The van der Waals surface area contributed by atoms with Crippen LogP contribution in [0.3, 0.4) is 0 Å². The van der Waals surface area contributed by atoms with Crippen LogP contribution in [0.4, 0.5) is 5.69 Å². The van der Waals surface area contributed by atoms with Crippen molar-refractivity contribution in [3.8, 4) is 0 Å². The monoisotopic (exact) mass is 307 g/mol. The molecule has 0 aliphatic carbocycles. The number of aromatic nitrogens is 2. The summed E-state index contributed by atoms with van der Waals surface area (Å²) in [5, 5.41) is 7.78. The van der Waals surface area contributed by atoms with Crippen LogP contribution >= 0.6 is 23.5 Å². The van der Waals surface area contributed by atoms with Gasteiger partial charge < -0.3 is 9.84 Å². The van der Waals surface area contributed by atoms with Gasteiger partial charge in [-0.25, -0.2) is 0 Å². The SMILES string of the molecule is Cc1ccc(NCc2nc(C3CSCCS3)no2)cc1. The summed E-state index contributed by atoms with van der Waals surface area (Å²) in [5.74, 6) is 4.95. The van der Waals surface area contributed by atoms with E-state index < -0.39 is 0 Å². The molecule has 1 aromatic carbocycles. The standard InChI is InChI=1S/C14H17N3OS2/c1-10-2-4-11(5-3-10)15-8-13-16-14(17-18-13)12-9-19-6-7-20-12/h2-5,12,15H,6-9H2,1H3. The predicted octanol–water partition coefficient (Wildman–Crippen LogP) is 3.51. The average molecular weight is 307 g/mol. The maximum absolute atomic E-state index is 5.32. The molecule has 0 amide bonds. The van der Waals surface area contributed by atoms with Crippen LogP contribution in [0.5, 0.6) is 0 Å². The highest BCUT2D eigenvalue weighted by atomic mass is 32.2. The van der Waals surface area contributed by atoms with Crippen molar-refractivity contribution in [1.29, 1.82) is 0 Å². The molecule has 2 aromatic rings. The molecule has 4 nitrogen and oxygen atoms in total. The summed E-state index contributed by atoms with van der Waals surface area (Å²) in [4.78, 5) is 4.49. The van der Waals surface area contributed by atoms with Gasteiger partial charge in [0.1, 0.15) is 0 Å². The molecule has 0 radical (unpaired) electrons. The van der Waals surface area contributed by atoms with Crippen LogP contribution in [0.15, 0.2) is 28.8 Å². The number of hydrogen-bond donors (Lipinski definition) is 1. The molecule has 1 N–H and O–H groups in total. The average Bonchev–Trinajstić information content (AvgIpc) is 2.97. The van der Waals surface area contributed by atoms with E-state index in [-0.39, 0.29) is 0 Å². The number of nitrogens with zero attached hydrogens (tertiary/aromatic N) is 2. The van der Waals surface area contributed by atoms with Gasteiger partial charge in [0, 0.05) is 22.9 Å². The van der Waals surface area contributed by atoms with E-state index in [0.29, 0.717) is 17.7 Å². The quantitative estimate of drug-likeness (QED) is 0.933. The lowest BCUT2D eigenvalue weighted by Gasteiger charge is -2.16. The zero-order valence-corrected chi connectivity index (χ0v) is 13.0. The topological polar surface area (TPSA) is 51.0 Å². The number of anilines is 1. The van der Waals surface area contributed by atoms with Gasteiger partial charge >= 0.3 is 0 Å². The number of benzene rings is 1. The van der Waals surface area contributed by atoms with Crippen LogP contribution < -0.4 is 5.32 Å². The molecule has 2 heterocycles. The fourth-order valence-electron chi connectivity index (χ4n) is 1.96. The minimum Gasteiger partial charge on any atom is -0.376 e. The summed E-state index contributed by atoms with van der Waals surface area (Å²) in [7, 11) is 0. The first-order chi connectivity index (χ1) is 9.81. The predicted molar refractivity (Wildman–Crippen MR) is 85.3 cm³/mol. The Morgan fingerprint density at radius 2 is 2.15 bits per heavy atom. The fraction of sp³-hybridized carbons (Fsp3) is 0.429. The van der Waals surface area contributed by atoms with Gasteiger partial charge in [-0.3, -0.25) is 0 Å². The van der Waals surface area contributed by atoms with Crippen LogP contribution in [-0.2, 0) is 6.54 Å². The van der Waals surface area contributed by atoms with Crippen LogP contribution in [-0.4, -0.2) is 27.4 Å². The lowest BCUT2D eigenvalue weighted by atomic mass is 10.2. The second-order valence-corrected chi connectivity index (χ2v) is 7.16. The maximum Gasteiger partial charge on any atom is 0.245 e. The second-order valence-electron chi connectivity index (χ2n) is 4.70. The second kappa shape index (κ2) is 6.54. The molecule has 106 valence electrons. The van der Waals surface area contributed by atoms with Crippen molar-refractivity contribution in [3.63, 3.8) is 0 Å². The molecule has 0 bridgehead atoms. The van der Waals surface area contributed by atoms with Gasteiger partial charge in [-0.2, -0.15) is 16.7 Å². The molecule has 6 heteroatoms. The largest absolute Gasteiger partial charge is 0.376 e. The molecule has 0 saturated carbocycles. The van der Waals surface area contributed by atoms with Crippen molar-refractivity contribution in [3.05, 3.63) is 41.5 Å². The molecule has 20 heavy (non-hydrogen) atoms. The van der Waals surface area contributed by atoms with Crippen molar-refractivity contribution in [1.82, 2.24) is 10.1 Å². The van der Waals surface area contributed by atoms with Crippen LogP contribution in [0, 0.1) is 6.92 Å². The Morgan fingerprint density at radius 3 is 2.90 bits per heavy atom. The van der Waals surface area contributed by atoms with E-state index in [4.69, 9.17) is 4.52 Å². The molecule has 1 fully saturated rings. The molecule has 1 unspecified atom stereocenters. The summed E-state index contributed by atoms with van der Waals surface area (Å²) in [5.41, 5.74) is 2.32. The lowest BCUT2D eigenvalue weighted by Crippen LogP contribution is -2.08. The molecule has 3 rings (SSSR count). The number of nitrogens with one attached hydrogen (secondary N) is 1. The number of hydrogen-bond acceptors (Lipinski definition) is 6. The van der Waals surface area contributed by atoms with Crippen molar-refractivity contribution in [2.24, 2.45) is 0 Å². The molecule has 1 aromatic heterocycles. The Bertz CT molecular complexity index is 550. The minimum atomic E-state index is 0.380. The smallest absolute Gasteiger partial charge is 0.245 e. The zero-order chi connectivity index (χ0) is 13.8. The van der Waals surface area contributed by atoms with Crippen molar-refractivity contribution in [2.75, 3.05) is 22.6 Å². The van der Waals surface area contributed by atoms with Crippen LogP contribution in [0.1, 0.15) is 22.5 Å². The summed E-state index contributed by atoms with van der Waals surface area (Å²) in [6, 6.07) is 8.27. The van der Waals surface area contributed by atoms with Gasteiger partial charge in [0.05, 0.1) is 11.8 Å². The Balaban J connectivity index is 1.58. The summed E-state index contributed by atoms with van der Waals surface area (Å²) >= 11 is 3.88. The summed E-state index contributed by atoms with van der Waals surface area (Å²) in [6.45, 7) is 2.65. The van der Waals surface area contributed by atoms with E-state index in [1.54, 1.807) is 0 Å². The minimum absolute atomic E-state index is 0.380. The molecule has 1 aliphatic heterocycles. The van der Waals surface area contributed by atoms with Gasteiger partial charge in [0.25, 0.3) is 0 Å². The van der Waals surface area contributed by atoms with Gasteiger partial charge in [-0.15, -0.1) is 11.8 Å². The third-order valence-electron chi connectivity index (χ3n) is 3.08. The fourth-order valence-corrected chi connectivity index (χ4v) is 4.55. The molecule has 1 atom stereocenters. The molecular weight excluding hydrogens is 290 g/mol. The van der Waals surface area contributed by atoms with Crippen LogP contribution in [0.25, 0.3) is 0 Å².